The number of hydrogen-bond acceptors (Lipinski definition) is 2. The highest BCUT2D eigenvalue weighted by atomic mass is 32.2. The van der Waals surface area contributed by atoms with Gasteiger partial charge in [-0.2, -0.15) is 0 Å². The number of aryl methyl sites for hydroxylation is 2. The molecule has 88 valence electrons. The molecule has 0 saturated heterocycles. The summed E-state index contributed by atoms with van der Waals surface area (Å²) in [7, 11) is 0. The summed E-state index contributed by atoms with van der Waals surface area (Å²) in [4.78, 5) is 2.39. The first kappa shape index (κ1) is 12.1. The SMILES string of the molecule is CCc1ccc(Sc2ccc(O)cc2)cc1C. The molecule has 1 nitrogen and oxygen atoms in total. The van der Waals surface area contributed by atoms with Crippen LogP contribution in [0.4, 0.5) is 0 Å². The summed E-state index contributed by atoms with van der Waals surface area (Å²) < 4.78 is 0. The third kappa shape index (κ3) is 3.04. The molecule has 2 heteroatoms. The van der Waals surface area contributed by atoms with Crippen molar-refractivity contribution in [1.29, 1.82) is 0 Å². The van der Waals surface area contributed by atoms with Crippen LogP contribution in [0, 0.1) is 6.92 Å². The number of aromatic hydroxyl groups is 1. The van der Waals surface area contributed by atoms with Crippen molar-refractivity contribution in [2.75, 3.05) is 0 Å². The van der Waals surface area contributed by atoms with Crippen LogP contribution >= 0.6 is 11.8 Å². The zero-order chi connectivity index (χ0) is 12.3. The van der Waals surface area contributed by atoms with Gasteiger partial charge < -0.3 is 5.11 Å². The van der Waals surface area contributed by atoms with Crippen LogP contribution < -0.4 is 0 Å². The van der Waals surface area contributed by atoms with Crippen molar-refractivity contribution in [2.24, 2.45) is 0 Å². The van der Waals surface area contributed by atoms with E-state index >= 15 is 0 Å². The standard InChI is InChI=1S/C15H16OS/c1-3-12-4-7-15(10-11(12)2)17-14-8-5-13(16)6-9-14/h4-10,16H,3H2,1-2H3. The van der Waals surface area contributed by atoms with Gasteiger partial charge in [0.05, 0.1) is 0 Å². The molecule has 0 radical (unpaired) electrons. The highest BCUT2D eigenvalue weighted by Crippen LogP contribution is 2.30. The molecule has 0 saturated carbocycles. The second kappa shape index (κ2) is 5.28. The first-order valence-electron chi connectivity index (χ1n) is 5.75. The second-order valence-electron chi connectivity index (χ2n) is 4.04. The van der Waals surface area contributed by atoms with Crippen LogP contribution in [0.5, 0.6) is 5.75 Å². The highest BCUT2D eigenvalue weighted by molar-refractivity contribution is 7.99. The van der Waals surface area contributed by atoms with Crippen molar-refractivity contribution in [3.63, 3.8) is 0 Å². The minimum absolute atomic E-state index is 0.312. The Kier molecular flexibility index (Phi) is 3.75. The third-order valence-corrected chi connectivity index (χ3v) is 3.76. The Bertz CT molecular complexity index is 503. The molecule has 0 aromatic heterocycles. The summed E-state index contributed by atoms with van der Waals surface area (Å²) in [6, 6.07) is 13.9. The summed E-state index contributed by atoms with van der Waals surface area (Å²) in [5, 5.41) is 9.23. The van der Waals surface area contributed by atoms with E-state index in [2.05, 4.69) is 32.0 Å². The van der Waals surface area contributed by atoms with Gasteiger partial charge >= 0.3 is 0 Å². The lowest BCUT2D eigenvalue weighted by Gasteiger charge is -2.06. The van der Waals surface area contributed by atoms with Gasteiger partial charge in [0, 0.05) is 9.79 Å². The molecule has 1 N–H and O–H groups in total. The molecule has 0 amide bonds. The van der Waals surface area contributed by atoms with E-state index in [1.807, 2.05) is 12.1 Å². The molecule has 0 atom stereocenters. The molecule has 2 aromatic rings. The zero-order valence-corrected chi connectivity index (χ0v) is 10.9. The average Bonchev–Trinajstić information content (AvgIpc) is 2.32. The van der Waals surface area contributed by atoms with Crippen LogP contribution in [-0.2, 0) is 6.42 Å². The maximum atomic E-state index is 9.23. The molecule has 0 fully saturated rings. The van der Waals surface area contributed by atoms with Crippen molar-refractivity contribution in [2.45, 2.75) is 30.1 Å². The van der Waals surface area contributed by atoms with Crippen LogP contribution in [0.25, 0.3) is 0 Å². The molecular formula is C15H16OS. The van der Waals surface area contributed by atoms with Gasteiger partial charge in [-0.1, -0.05) is 24.8 Å². The van der Waals surface area contributed by atoms with Crippen LogP contribution in [0.3, 0.4) is 0 Å². The van der Waals surface area contributed by atoms with Gasteiger partial charge in [0.15, 0.2) is 0 Å². The number of benzene rings is 2. The monoisotopic (exact) mass is 244 g/mol. The summed E-state index contributed by atoms with van der Waals surface area (Å²) in [6.45, 7) is 4.33. The van der Waals surface area contributed by atoms with Gasteiger partial charge in [0.1, 0.15) is 5.75 Å². The van der Waals surface area contributed by atoms with Crippen LogP contribution in [0.15, 0.2) is 52.3 Å². The smallest absolute Gasteiger partial charge is 0.115 e. The minimum atomic E-state index is 0.312. The van der Waals surface area contributed by atoms with E-state index in [0.717, 1.165) is 11.3 Å². The zero-order valence-electron chi connectivity index (χ0n) is 10.1. The van der Waals surface area contributed by atoms with E-state index in [0.29, 0.717) is 5.75 Å². The van der Waals surface area contributed by atoms with Gasteiger partial charge in [0.2, 0.25) is 0 Å². The maximum Gasteiger partial charge on any atom is 0.115 e. The van der Waals surface area contributed by atoms with E-state index in [1.165, 1.54) is 16.0 Å². The van der Waals surface area contributed by atoms with Crippen molar-refractivity contribution >= 4 is 11.8 Å². The number of rotatable bonds is 3. The Morgan fingerprint density at radius 3 is 2.24 bits per heavy atom. The molecular weight excluding hydrogens is 228 g/mol. The lowest BCUT2D eigenvalue weighted by Crippen LogP contribution is -1.86. The van der Waals surface area contributed by atoms with Crippen LogP contribution in [0.1, 0.15) is 18.1 Å². The fourth-order valence-electron chi connectivity index (χ4n) is 1.78. The number of phenolic OH excluding ortho intramolecular Hbond substituents is 1. The fraction of sp³-hybridized carbons (Fsp3) is 0.200. The maximum absolute atomic E-state index is 9.23. The Labute approximate surface area is 107 Å². The summed E-state index contributed by atoms with van der Waals surface area (Å²) in [5.41, 5.74) is 2.75. The lowest BCUT2D eigenvalue weighted by atomic mass is 10.1. The molecule has 2 rings (SSSR count). The fourth-order valence-corrected chi connectivity index (χ4v) is 2.69. The summed E-state index contributed by atoms with van der Waals surface area (Å²) in [6.07, 6.45) is 1.08. The van der Waals surface area contributed by atoms with E-state index in [4.69, 9.17) is 0 Å². The van der Waals surface area contributed by atoms with E-state index in [-0.39, 0.29) is 0 Å². The van der Waals surface area contributed by atoms with E-state index < -0.39 is 0 Å². The Morgan fingerprint density at radius 2 is 1.65 bits per heavy atom. The topological polar surface area (TPSA) is 20.2 Å². The van der Waals surface area contributed by atoms with Gasteiger partial charge in [-0.05, 0) is 60.9 Å². The Morgan fingerprint density at radius 1 is 1.00 bits per heavy atom. The van der Waals surface area contributed by atoms with Gasteiger partial charge in [-0.15, -0.1) is 0 Å². The van der Waals surface area contributed by atoms with Crippen molar-refractivity contribution in [3.05, 3.63) is 53.6 Å². The molecule has 0 spiro atoms. The van der Waals surface area contributed by atoms with E-state index in [1.54, 1.807) is 23.9 Å². The molecule has 0 bridgehead atoms. The predicted molar refractivity (Wildman–Crippen MR) is 72.8 cm³/mol. The molecule has 0 unspecified atom stereocenters. The van der Waals surface area contributed by atoms with Crippen molar-refractivity contribution < 1.29 is 5.11 Å². The summed E-state index contributed by atoms with van der Waals surface area (Å²) >= 11 is 1.72. The lowest BCUT2D eigenvalue weighted by molar-refractivity contribution is 0.475. The highest BCUT2D eigenvalue weighted by Gasteiger charge is 2.01. The summed E-state index contributed by atoms with van der Waals surface area (Å²) in [5.74, 6) is 0.312. The van der Waals surface area contributed by atoms with Gasteiger partial charge in [0.25, 0.3) is 0 Å². The number of hydrogen-bond donors (Lipinski definition) is 1. The number of phenols is 1. The second-order valence-corrected chi connectivity index (χ2v) is 5.18. The first-order valence-corrected chi connectivity index (χ1v) is 6.57. The minimum Gasteiger partial charge on any atom is -0.508 e. The van der Waals surface area contributed by atoms with Crippen molar-refractivity contribution in [3.8, 4) is 5.75 Å². The molecule has 2 aromatic carbocycles. The molecule has 17 heavy (non-hydrogen) atoms. The first-order chi connectivity index (χ1) is 8.19. The largest absolute Gasteiger partial charge is 0.508 e. The van der Waals surface area contributed by atoms with Crippen molar-refractivity contribution in [1.82, 2.24) is 0 Å². The third-order valence-electron chi connectivity index (χ3n) is 2.77. The average molecular weight is 244 g/mol. The molecule has 0 aliphatic heterocycles. The molecule has 0 aliphatic rings. The Hall–Kier alpha value is -1.41. The molecule has 0 heterocycles. The predicted octanol–water partition coefficient (Wildman–Crippen LogP) is 4.41. The van der Waals surface area contributed by atoms with E-state index in [9.17, 15) is 5.11 Å². The van der Waals surface area contributed by atoms with Crippen LogP contribution in [0.2, 0.25) is 0 Å². The Balaban J connectivity index is 2.19. The van der Waals surface area contributed by atoms with Gasteiger partial charge in [-0.25, -0.2) is 0 Å². The normalized spacial score (nSPS) is 10.5. The van der Waals surface area contributed by atoms with Gasteiger partial charge in [-0.3, -0.25) is 0 Å². The molecule has 0 aliphatic carbocycles. The quantitative estimate of drug-likeness (QED) is 0.862. The van der Waals surface area contributed by atoms with Crippen LogP contribution in [-0.4, -0.2) is 5.11 Å².